The van der Waals surface area contributed by atoms with E-state index in [0.29, 0.717) is 21.4 Å². The SMILES string of the molecule is N#CC1=C(N)Oc2c(ccc3ccccc23)[C@H]1c1ccc(Cl)cc1Cl. The lowest BCUT2D eigenvalue weighted by Crippen LogP contribution is -2.21. The van der Waals surface area contributed by atoms with Crippen molar-refractivity contribution in [2.24, 2.45) is 5.73 Å². The van der Waals surface area contributed by atoms with Crippen LogP contribution in [-0.4, -0.2) is 0 Å². The minimum atomic E-state index is -0.400. The second-order valence-corrected chi connectivity index (χ2v) is 6.64. The Hall–Kier alpha value is -2.67. The predicted octanol–water partition coefficient (Wildman–Crippen LogP) is 5.36. The van der Waals surface area contributed by atoms with Gasteiger partial charge < -0.3 is 10.5 Å². The highest BCUT2D eigenvalue weighted by Crippen LogP contribution is 2.47. The van der Waals surface area contributed by atoms with Gasteiger partial charge in [0.2, 0.25) is 5.88 Å². The lowest BCUT2D eigenvalue weighted by molar-refractivity contribution is 0.398. The third-order valence-electron chi connectivity index (χ3n) is 4.38. The van der Waals surface area contributed by atoms with E-state index in [2.05, 4.69) is 6.07 Å². The number of nitrogens with zero attached hydrogens (tertiary/aromatic N) is 1. The Morgan fingerprint density at radius 1 is 1.00 bits per heavy atom. The molecule has 0 unspecified atom stereocenters. The van der Waals surface area contributed by atoms with Crippen LogP contribution >= 0.6 is 23.2 Å². The molecule has 0 radical (unpaired) electrons. The zero-order valence-corrected chi connectivity index (χ0v) is 14.5. The van der Waals surface area contributed by atoms with Gasteiger partial charge in [0.15, 0.2) is 0 Å². The molecule has 0 amide bonds. The largest absolute Gasteiger partial charge is 0.440 e. The maximum Gasteiger partial charge on any atom is 0.205 e. The third kappa shape index (κ3) is 2.51. The Morgan fingerprint density at radius 3 is 2.52 bits per heavy atom. The van der Waals surface area contributed by atoms with Crippen molar-refractivity contribution in [3.63, 3.8) is 0 Å². The quantitative estimate of drug-likeness (QED) is 0.630. The molecule has 1 aliphatic rings. The lowest BCUT2D eigenvalue weighted by Gasteiger charge is -2.28. The van der Waals surface area contributed by atoms with Crippen LogP contribution in [0, 0.1) is 11.3 Å². The van der Waals surface area contributed by atoms with E-state index < -0.39 is 5.92 Å². The average Bonchev–Trinajstić information content (AvgIpc) is 2.61. The first kappa shape index (κ1) is 15.8. The van der Waals surface area contributed by atoms with Crippen molar-refractivity contribution >= 4 is 34.0 Å². The van der Waals surface area contributed by atoms with Gasteiger partial charge in [-0.15, -0.1) is 0 Å². The van der Waals surface area contributed by atoms with Crippen molar-refractivity contribution in [2.75, 3.05) is 0 Å². The molecule has 4 rings (SSSR count). The van der Waals surface area contributed by atoms with Crippen molar-refractivity contribution in [1.82, 2.24) is 0 Å². The van der Waals surface area contributed by atoms with Crippen LogP contribution in [0.4, 0.5) is 0 Å². The monoisotopic (exact) mass is 366 g/mol. The molecule has 0 bridgehead atoms. The second kappa shape index (κ2) is 6.00. The molecule has 25 heavy (non-hydrogen) atoms. The van der Waals surface area contributed by atoms with E-state index in [-0.39, 0.29) is 5.88 Å². The summed E-state index contributed by atoms with van der Waals surface area (Å²) in [6.07, 6.45) is 0. The summed E-state index contributed by atoms with van der Waals surface area (Å²) in [5, 5.41) is 12.6. The van der Waals surface area contributed by atoms with Crippen LogP contribution in [0.2, 0.25) is 10.0 Å². The number of hydrogen-bond acceptors (Lipinski definition) is 3. The molecular formula is C20H12Cl2N2O. The molecule has 0 spiro atoms. The number of halogens is 2. The fourth-order valence-corrected chi connectivity index (χ4v) is 3.76. The summed E-state index contributed by atoms with van der Waals surface area (Å²) in [4.78, 5) is 0. The van der Waals surface area contributed by atoms with Crippen molar-refractivity contribution in [1.29, 1.82) is 5.26 Å². The van der Waals surface area contributed by atoms with Gasteiger partial charge >= 0.3 is 0 Å². The zero-order chi connectivity index (χ0) is 17.6. The Labute approximate surface area is 154 Å². The topological polar surface area (TPSA) is 59.0 Å². The van der Waals surface area contributed by atoms with Gasteiger partial charge in [0.25, 0.3) is 0 Å². The van der Waals surface area contributed by atoms with E-state index in [1.165, 1.54) is 0 Å². The van der Waals surface area contributed by atoms with Crippen LogP contribution in [-0.2, 0) is 0 Å². The Bertz CT molecular complexity index is 1080. The van der Waals surface area contributed by atoms with Crippen LogP contribution in [0.3, 0.4) is 0 Å². The highest BCUT2D eigenvalue weighted by molar-refractivity contribution is 6.35. The van der Waals surface area contributed by atoms with Gasteiger partial charge in [0, 0.05) is 21.0 Å². The van der Waals surface area contributed by atoms with Gasteiger partial charge in [-0.2, -0.15) is 5.26 Å². The number of fused-ring (bicyclic) bond motifs is 3. The van der Waals surface area contributed by atoms with Gasteiger partial charge in [0.05, 0.1) is 5.92 Å². The molecule has 0 saturated carbocycles. The van der Waals surface area contributed by atoms with Crippen LogP contribution in [0.5, 0.6) is 5.75 Å². The van der Waals surface area contributed by atoms with E-state index in [4.69, 9.17) is 33.7 Å². The molecule has 0 saturated heterocycles. The minimum Gasteiger partial charge on any atom is -0.440 e. The standard InChI is InChI=1S/C20H12Cl2N2O/c21-12-6-8-14(17(22)9-12)18-15-7-5-11-3-1-2-4-13(11)19(15)25-20(24)16(18)10-23/h1-9,18H,24H2/t18-/m1/s1. The fourth-order valence-electron chi connectivity index (χ4n) is 3.24. The molecule has 122 valence electrons. The lowest BCUT2D eigenvalue weighted by atomic mass is 9.82. The first-order chi connectivity index (χ1) is 12.1. The Kier molecular flexibility index (Phi) is 3.80. The van der Waals surface area contributed by atoms with E-state index in [1.54, 1.807) is 12.1 Å². The van der Waals surface area contributed by atoms with E-state index in [0.717, 1.165) is 21.9 Å². The highest BCUT2D eigenvalue weighted by Gasteiger charge is 2.32. The zero-order valence-electron chi connectivity index (χ0n) is 13.0. The molecule has 0 aliphatic carbocycles. The fraction of sp³-hybridized carbons (Fsp3) is 0.0500. The summed E-state index contributed by atoms with van der Waals surface area (Å²) < 4.78 is 5.83. The van der Waals surface area contributed by atoms with Gasteiger partial charge in [-0.05, 0) is 23.1 Å². The van der Waals surface area contributed by atoms with Crippen molar-refractivity contribution in [3.8, 4) is 11.8 Å². The summed E-state index contributed by atoms with van der Waals surface area (Å²) in [5.74, 6) is 0.358. The molecule has 0 aromatic heterocycles. The molecule has 1 aliphatic heterocycles. The summed E-state index contributed by atoms with van der Waals surface area (Å²) in [6, 6.07) is 19.3. The summed E-state index contributed by atoms with van der Waals surface area (Å²) in [5.41, 5.74) is 8.03. The van der Waals surface area contributed by atoms with Gasteiger partial charge in [-0.3, -0.25) is 0 Å². The van der Waals surface area contributed by atoms with Crippen LogP contribution in [0.15, 0.2) is 66.1 Å². The first-order valence-electron chi connectivity index (χ1n) is 7.64. The van der Waals surface area contributed by atoms with Crippen molar-refractivity contribution < 1.29 is 4.74 Å². The molecule has 3 aromatic carbocycles. The Morgan fingerprint density at radius 2 is 1.76 bits per heavy atom. The maximum absolute atomic E-state index is 9.64. The highest BCUT2D eigenvalue weighted by atomic mass is 35.5. The summed E-state index contributed by atoms with van der Waals surface area (Å²) >= 11 is 12.4. The number of rotatable bonds is 1. The number of nitriles is 1. The molecular weight excluding hydrogens is 355 g/mol. The molecule has 1 atom stereocenters. The second-order valence-electron chi connectivity index (χ2n) is 5.80. The Balaban J connectivity index is 2.03. The summed E-state index contributed by atoms with van der Waals surface area (Å²) in [7, 11) is 0. The van der Waals surface area contributed by atoms with Crippen molar-refractivity contribution in [3.05, 3.63) is 87.2 Å². The number of hydrogen-bond donors (Lipinski definition) is 1. The minimum absolute atomic E-state index is 0.0994. The molecule has 1 heterocycles. The van der Waals surface area contributed by atoms with E-state index in [1.807, 2.05) is 42.5 Å². The van der Waals surface area contributed by atoms with Gasteiger partial charge in [-0.1, -0.05) is 65.7 Å². The predicted molar refractivity (Wildman–Crippen MR) is 99.7 cm³/mol. The number of ether oxygens (including phenoxy) is 1. The maximum atomic E-state index is 9.64. The molecule has 3 nitrogen and oxygen atoms in total. The van der Waals surface area contributed by atoms with Crippen LogP contribution in [0.25, 0.3) is 10.8 Å². The average molecular weight is 367 g/mol. The smallest absolute Gasteiger partial charge is 0.205 e. The third-order valence-corrected chi connectivity index (χ3v) is 4.94. The van der Waals surface area contributed by atoms with E-state index in [9.17, 15) is 5.26 Å². The molecule has 5 heteroatoms. The molecule has 2 N–H and O–H groups in total. The van der Waals surface area contributed by atoms with Gasteiger partial charge in [-0.25, -0.2) is 0 Å². The number of benzene rings is 3. The van der Waals surface area contributed by atoms with Crippen LogP contribution < -0.4 is 10.5 Å². The summed E-state index contributed by atoms with van der Waals surface area (Å²) in [6.45, 7) is 0. The number of allylic oxidation sites excluding steroid dienone is 1. The first-order valence-corrected chi connectivity index (χ1v) is 8.40. The van der Waals surface area contributed by atoms with Gasteiger partial charge in [0.1, 0.15) is 17.4 Å². The molecule has 0 fully saturated rings. The number of nitrogens with two attached hydrogens (primary N) is 1. The van der Waals surface area contributed by atoms with Crippen molar-refractivity contribution in [2.45, 2.75) is 5.92 Å². The normalized spacial score (nSPS) is 16.3. The van der Waals surface area contributed by atoms with Crippen LogP contribution in [0.1, 0.15) is 17.0 Å². The van der Waals surface area contributed by atoms with E-state index >= 15 is 0 Å². The molecule has 3 aromatic rings.